The minimum atomic E-state index is 0.581. The molecule has 0 radical (unpaired) electrons. The first-order valence-corrected chi connectivity index (χ1v) is 10.2. The fourth-order valence-electron chi connectivity index (χ4n) is 3.82. The lowest BCUT2D eigenvalue weighted by molar-refractivity contribution is 0.306. The van der Waals surface area contributed by atoms with Gasteiger partial charge in [0.2, 0.25) is 0 Å². The van der Waals surface area contributed by atoms with E-state index in [1.54, 1.807) is 0 Å². The van der Waals surface area contributed by atoms with Gasteiger partial charge in [0.15, 0.2) is 0 Å². The van der Waals surface area contributed by atoms with E-state index < -0.39 is 0 Å². The molecule has 5 rings (SSSR count). The summed E-state index contributed by atoms with van der Waals surface area (Å²) in [6.07, 6.45) is 4.40. The Morgan fingerprint density at radius 2 is 1.17 bits per heavy atom. The highest BCUT2D eigenvalue weighted by Crippen LogP contribution is 2.30. The number of benzene rings is 5. The van der Waals surface area contributed by atoms with E-state index in [2.05, 4.69) is 91.0 Å². The van der Waals surface area contributed by atoms with Gasteiger partial charge >= 0.3 is 0 Å². The predicted molar refractivity (Wildman–Crippen MR) is 128 cm³/mol. The van der Waals surface area contributed by atoms with Gasteiger partial charge in [0, 0.05) is 0 Å². The van der Waals surface area contributed by atoms with E-state index in [-0.39, 0.29) is 0 Å². The number of hydrogen-bond acceptors (Lipinski definition) is 1. The smallest absolute Gasteiger partial charge is 0.119 e. The van der Waals surface area contributed by atoms with Gasteiger partial charge in [0.1, 0.15) is 12.4 Å². The lowest BCUT2D eigenvalue weighted by Crippen LogP contribution is -1.94. The van der Waals surface area contributed by atoms with Crippen LogP contribution in [0.3, 0.4) is 0 Å². The summed E-state index contributed by atoms with van der Waals surface area (Å²) in [7, 11) is 0. The molecule has 1 heteroatoms. The number of fused-ring (bicyclic) bond motifs is 2. The molecule has 0 N–H and O–H groups in total. The normalized spacial score (nSPS) is 11.3. The van der Waals surface area contributed by atoms with E-state index in [4.69, 9.17) is 4.74 Å². The highest BCUT2D eigenvalue weighted by Gasteiger charge is 2.04. The van der Waals surface area contributed by atoms with Crippen LogP contribution >= 0.6 is 0 Å². The van der Waals surface area contributed by atoms with Gasteiger partial charge in [-0.3, -0.25) is 0 Å². The van der Waals surface area contributed by atoms with Crippen molar-refractivity contribution in [3.05, 3.63) is 126 Å². The van der Waals surface area contributed by atoms with Crippen LogP contribution in [0.4, 0.5) is 0 Å². The molecule has 5 aromatic carbocycles. The van der Waals surface area contributed by atoms with Crippen molar-refractivity contribution in [3.63, 3.8) is 0 Å². The highest BCUT2D eigenvalue weighted by molar-refractivity contribution is 6.07. The van der Waals surface area contributed by atoms with Crippen LogP contribution in [0.2, 0.25) is 0 Å². The molecule has 30 heavy (non-hydrogen) atoms. The average Bonchev–Trinajstić information content (AvgIpc) is 2.82. The summed E-state index contributed by atoms with van der Waals surface area (Å²) >= 11 is 0. The molecule has 0 spiro atoms. The SMILES string of the molecule is C(=Cc1c2ccccc2cc2ccccc12)c1ccc(OCc2ccccc2)cc1. The van der Waals surface area contributed by atoms with Crippen LogP contribution in [0.5, 0.6) is 5.75 Å². The standard InChI is InChI=1S/C29H22O/c1-2-8-23(9-3-1)21-30-26-17-14-22(15-18-26)16-19-29-27-12-6-4-10-24(27)20-25-11-5-7-13-28(25)29/h1-20H,21H2. The molecular formula is C29H22O. The van der Waals surface area contributed by atoms with Gasteiger partial charge in [0.25, 0.3) is 0 Å². The molecule has 5 aromatic rings. The summed E-state index contributed by atoms with van der Waals surface area (Å²) in [5.74, 6) is 0.881. The second kappa shape index (κ2) is 8.26. The molecule has 0 aliphatic rings. The summed E-state index contributed by atoms with van der Waals surface area (Å²) in [4.78, 5) is 0. The minimum Gasteiger partial charge on any atom is -0.489 e. The first-order valence-electron chi connectivity index (χ1n) is 10.2. The quantitative estimate of drug-likeness (QED) is 0.222. The van der Waals surface area contributed by atoms with Crippen molar-refractivity contribution < 1.29 is 4.74 Å². The number of ether oxygens (including phenoxy) is 1. The van der Waals surface area contributed by atoms with Crippen molar-refractivity contribution >= 4 is 33.7 Å². The first-order chi connectivity index (χ1) is 14.9. The summed E-state index contributed by atoms with van der Waals surface area (Å²) in [6.45, 7) is 0.581. The first kappa shape index (κ1) is 18.2. The molecule has 144 valence electrons. The van der Waals surface area contributed by atoms with Crippen molar-refractivity contribution in [1.29, 1.82) is 0 Å². The molecule has 0 bridgehead atoms. The van der Waals surface area contributed by atoms with Gasteiger partial charge in [-0.2, -0.15) is 0 Å². The second-order valence-corrected chi connectivity index (χ2v) is 7.41. The summed E-state index contributed by atoms with van der Waals surface area (Å²) < 4.78 is 5.90. The van der Waals surface area contributed by atoms with Gasteiger partial charge in [-0.15, -0.1) is 0 Å². The molecule has 0 aromatic heterocycles. The fourth-order valence-corrected chi connectivity index (χ4v) is 3.82. The Morgan fingerprint density at radius 3 is 1.83 bits per heavy atom. The molecule has 0 amide bonds. The van der Waals surface area contributed by atoms with Gasteiger partial charge < -0.3 is 4.74 Å². The third-order valence-electron chi connectivity index (χ3n) is 5.38. The van der Waals surface area contributed by atoms with E-state index in [9.17, 15) is 0 Å². The fraction of sp³-hybridized carbons (Fsp3) is 0.0345. The van der Waals surface area contributed by atoms with Crippen LogP contribution in [-0.2, 0) is 6.61 Å². The lowest BCUT2D eigenvalue weighted by atomic mass is 9.96. The summed E-state index contributed by atoms with van der Waals surface area (Å²) in [6, 6.07) is 37.9. The summed E-state index contributed by atoms with van der Waals surface area (Å²) in [5.41, 5.74) is 3.58. The Kier molecular flexibility index (Phi) is 5.01. The minimum absolute atomic E-state index is 0.581. The van der Waals surface area contributed by atoms with Crippen molar-refractivity contribution in [2.75, 3.05) is 0 Å². The van der Waals surface area contributed by atoms with E-state index in [1.807, 2.05) is 30.3 Å². The Balaban J connectivity index is 1.41. The summed E-state index contributed by atoms with van der Waals surface area (Å²) in [5, 5.41) is 5.08. The monoisotopic (exact) mass is 386 g/mol. The van der Waals surface area contributed by atoms with Crippen LogP contribution in [-0.4, -0.2) is 0 Å². The Morgan fingerprint density at radius 1 is 0.567 bits per heavy atom. The third-order valence-corrected chi connectivity index (χ3v) is 5.38. The molecule has 0 saturated carbocycles. The van der Waals surface area contributed by atoms with Crippen LogP contribution in [0.15, 0.2) is 109 Å². The number of hydrogen-bond donors (Lipinski definition) is 0. The van der Waals surface area contributed by atoms with Gasteiger partial charge in [0.05, 0.1) is 0 Å². The Bertz CT molecular complexity index is 1260. The van der Waals surface area contributed by atoms with Gasteiger partial charge in [-0.1, -0.05) is 103 Å². The zero-order valence-electron chi connectivity index (χ0n) is 16.7. The number of rotatable bonds is 5. The van der Waals surface area contributed by atoms with E-state index in [0.29, 0.717) is 6.61 Å². The lowest BCUT2D eigenvalue weighted by Gasteiger charge is -2.09. The maximum atomic E-state index is 5.90. The van der Waals surface area contributed by atoms with Gasteiger partial charge in [-0.25, -0.2) is 0 Å². The molecular weight excluding hydrogens is 364 g/mol. The van der Waals surface area contributed by atoms with Crippen molar-refractivity contribution in [2.45, 2.75) is 6.61 Å². The largest absolute Gasteiger partial charge is 0.489 e. The molecule has 0 aliphatic heterocycles. The van der Waals surface area contributed by atoms with E-state index in [0.717, 1.165) is 11.3 Å². The van der Waals surface area contributed by atoms with E-state index in [1.165, 1.54) is 32.7 Å². The van der Waals surface area contributed by atoms with Crippen LogP contribution in [0.1, 0.15) is 16.7 Å². The molecule has 0 heterocycles. The highest BCUT2D eigenvalue weighted by atomic mass is 16.5. The molecule has 0 fully saturated rings. The zero-order valence-corrected chi connectivity index (χ0v) is 16.7. The average molecular weight is 386 g/mol. The molecule has 1 nitrogen and oxygen atoms in total. The zero-order chi connectivity index (χ0) is 20.2. The molecule has 0 aliphatic carbocycles. The van der Waals surface area contributed by atoms with Crippen molar-refractivity contribution in [1.82, 2.24) is 0 Å². The molecule has 0 saturated heterocycles. The Labute approximate surface area is 176 Å². The maximum absolute atomic E-state index is 5.90. The predicted octanol–water partition coefficient (Wildman–Crippen LogP) is 7.74. The maximum Gasteiger partial charge on any atom is 0.119 e. The third kappa shape index (κ3) is 3.83. The molecule has 0 atom stereocenters. The van der Waals surface area contributed by atoms with E-state index >= 15 is 0 Å². The second-order valence-electron chi connectivity index (χ2n) is 7.41. The van der Waals surface area contributed by atoms with Crippen molar-refractivity contribution in [2.24, 2.45) is 0 Å². The topological polar surface area (TPSA) is 9.23 Å². The van der Waals surface area contributed by atoms with Crippen LogP contribution < -0.4 is 4.74 Å². The molecule has 0 unspecified atom stereocenters. The van der Waals surface area contributed by atoms with Gasteiger partial charge in [-0.05, 0) is 56.4 Å². The Hall–Kier alpha value is -3.84. The van der Waals surface area contributed by atoms with Crippen LogP contribution in [0, 0.1) is 0 Å². The van der Waals surface area contributed by atoms with Crippen LogP contribution in [0.25, 0.3) is 33.7 Å². The van der Waals surface area contributed by atoms with Crippen molar-refractivity contribution in [3.8, 4) is 5.75 Å².